The molecule has 2 rings (SSSR count). The first-order chi connectivity index (χ1) is 8.63. The third kappa shape index (κ3) is 2.31. The summed E-state index contributed by atoms with van der Waals surface area (Å²) in [5.41, 5.74) is 1.76. The highest BCUT2D eigenvalue weighted by molar-refractivity contribution is 5.57. The van der Waals surface area contributed by atoms with Gasteiger partial charge in [-0.25, -0.2) is 14.4 Å². The summed E-state index contributed by atoms with van der Waals surface area (Å²) in [6.07, 6.45) is 1.55. The molecule has 0 amide bonds. The van der Waals surface area contributed by atoms with Gasteiger partial charge in [0.2, 0.25) is 5.95 Å². The lowest BCUT2D eigenvalue weighted by molar-refractivity contribution is 0.280. The van der Waals surface area contributed by atoms with Crippen LogP contribution in [0.3, 0.4) is 0 Å². The summed E-state index contributed by atoms with van der Waals surface area (Å²) in [4.78, 5) is 9.94. The SMILES string of the molecule is Cc1nc(N(C)c2ccccc2F)ncc1CO. The summed E-state index contributed by atoms with van der Waals surface area (Å²) in [7, 11) is 1.70. The highest BCUT2D eigenvalue weighted by atomic mass is 19.1. The number of rotatable bonds is 3. The zero-order valence-corrected chi connectivity index (χ0v) is 10.3. The average molecular weight is 247 g/mol. The smallest absolute Gasteiger partial charge is 0.229 e. The first kappa shape index (κ1) is 12.4. The lowest BCUT2D eigenvalue weighted by Crippen LogP contribution is -2.15. The average Bonchev–Trinajstić information content (AvgIpc) is 2.38. The highest BCUT2D eigenvalue weighted by Crippen LogP contribution is 2.23. The van der Waals surface area contributed by atoms with Crippen LogP contribution in [0.25, 0.3) is 0 Å². The number of hydrogen-bond donors (Lipinski definition) is 1. The Kier molecular flexibility index (Phi) is 3.53. The van der Waals surface area contributed by atoms with Crippen LogP contribution in [-0.2, 0) is 6.61 Å². The van der Waals surface area contributed by atoms with Gasteiger partial charge in [-0.2, -0.15) is 0 Å². The van der Waals surface area contributed by atoms with Crippen LogP contribution in [0.5, 0.6) is 0 Å². The van der Waals surface area contributed by atoms with E-state index in [2.05, 4.69) is 9.97 Å². The number of benzene rings is 1. The summed E-state index contributed by atoms with van der Waals surface area (Å²) in [5, 5.41) is 9.06. The van der Waals surface area contributed by atoms with Crippen LogP contribution in [0.1, 0.15) is 11.3 Å². The highest BCUT2D eigenvalue weighted by Gasteiger charge is 2.12. The predicted molar refractivity (Wildman–Crippen MR) is 67.2 cm³/mol. The topological polar surface area (TPSA) is 49.2 Å². The van der Waals surface area contributed by atoms with Crippen molar-refractivity contribution in [2.24, 2.45) is 0 Å². The number of para-hydroxylation sites is 1. The molecule has 0 aliphatic carbocycles. The molecule has 5 heteroatoms. The van der Waals surface area contributed by atoms with Gasteiger partial charge < -0.3 is 10.0 Å². The van der Waals surface area contributed by atoms with Crippen LogP contribution in [0.15, 0.2) is 30.5 Å². The number of aromatic nitrogens is 2. The van der Waals surface area contributed by atoms with Crippen molar-refractivity contribution in [3.8, 4) is 0 Å². The van der Waals surface area contributed by atoms with Crippen molar-refractivity contribution in [3.05, 3.63) is 47.5 Å². The maximum absolute atomic E-state index is 13.6. The quantitative estimate of drug-likeness (QED) is 0.903. The number of aliphatic hydroxyl groups excluding tert-OH is 1. The summed E-state index contributed by atoms with van der Waals surface area (Å²) < 4.78 is 13.6. The minimum Gasteiger partial charge on any atom is -0.392 e. The number of hydrogen-bond acceptors (Lipinski definition) is 4. The fourth-order valence-electron chi connectivity index (χ4n) is 1.63. The van der Waals surface area contributed by atoms with E-state index in [4.69, 9.17) is 5.11 Å². The molecule has 1 N–H and O–H groups in total. The molecule has 0 saturated heterocycles. The van der Waals surface area contributed by atoms with E-state index in [1.807, 2.05) is 0 Å². The minimum atomic E-state index is -0.326. The molecule has 4 nitrogen and oxygen atoms in total. The van der Waals surface area contributed by atoms with Gasteiger partial charge in [0.25, 0.3) is 0 Å². The maximum atomic E-state index is 13.6. The lowest BCUT2D eigenvalue weighted by Gasteiger charge is -2.18. The van der Waals surface area contributed by atoms with Gasteiger partial charge in [-0.15, -0.1) is 0 Å². The largest absolute Gasteiger partial charge is 0.392 e. The van der Waals surface area contributed by atoms with Gasteiger partial charge in [-0.3, -0.25) is 0 Å². The molecule has 2 aromatic rings. The number of anilines is 2. The van der Waals surface area contributed by atoms with Gasteiger partial charge in [0.15, 0.2) is 0 Å². The molecule has 1 heterocycles. The Balaban J connectivity index is 2.37. The van der Waals surface area contributed by atoms with Crippen LogP contribution < -0.4 is 4.90 Å². The van der Waals surface area contributed by atoms with Crippen molar-refractivity contribution in [2.75, 3.05) is 11.9 Å². The summed E-state index contributed by atoms with van der Waals surface area (Å²) in [6.45, 7) is 1.68. The maximum Gasteiger partial charge on any atom is 0.229 e. The number of aliphatic hydroxyl groups is 1. The molecule has 94 valence electrons. The van der Waals surface area contributed by atoms with Gasteiger partial charge in [0.05, 0.1) is 12.3 Å². The van der Waals surface area contributed by atoms with Crippen LogP contribution in [0, 0.1) is 12.7 Å². The first-order valence-corrected chi connectivity index (χ1v) is 5.55. The van der Waals surface area contributed by atoms with Gasteiger partial charge in [-0.1, -0.05) is 12.1 Å². The van der Waals surface area contributed by atoms with E-state index in [1.54, 1.807) is 43.3 Å². The standard InChI is InChI=1S/C13H14FN3O/c1-9-10(8-18)7-15-13(16-9)17(2)12-6-4-3-5-11(12)14/h3-7,18H,8H2,1-2H3. The van der Waals surface area contributed by atoms with Crippen molar-refractivity contribution in [3.63, 3.8) is 0 Å². The van der Waals surface area contributed by atoms with Crippen LogP contribution in [-0.4, -0.2) is 22.1 Å². The summed E-state index contributed by atoms with van der Waals surface area (Å²) in [5.74, 6) is 0.0716. The van der Waals surface area contributed by atoms with E-state index >= 15 is 0 Å². The second-order valence-corrected chi connectivity index (χ2v) is 3.95. The van der Waals surface area contributed by atoms with Gasteiger partial charge in [-0.05, 0) is 19.1 Å². The van der Waals surface area contributed by atoms with Crippen molar-refractivity contribution in [1.82, 2.24) is 9.97 Å². The number of nitrogens with zero attached hydrogens (tertiary/aromatic N) is 3. The third-order valence-electron chi connectivity index (χ3n) is 2.75. The lowest BCUT2D eigenvalue weighted by atomic mass is 10.2. The second kappa shape index (κ2) is 5.10. The Labute approximate surface area is 105 Å². The molecule has 0 saturated carbocycles. The van der Waals surface area contributed by atoms with Crippen LogP contribution in [0.2, 0.25) is 0 Å². The van der Waals surface area contributed by atoms with Crippen molar-refractivity contribution in [2.45, 2.75) is 13.5 Å². The van der Waals surface area contributed by atoms with Crippen molar-refractivity contribution < 1.29 is 9.50 Å². The zero-order chi connectivity index (χ0) is 13.1. The molecule has 0 spiro atoms. The fourth-order valence-corrected chi connectivity index (χ4v) is 1.63. The molecule has 0 radical (unpaired) electrons. The molecule has 0 aliphatic rings. The second-order valence-electron chi connectivity index (χ2n) is 3.95. The van der Waals surface area contributed by atoms with E-state index < -0.39 is 0 Å². The molecule has 0 unspecified atom stereocenters. The Morgan fingerprint density at radius 3 is 2.67 bits per heavy atom. The monoisotopic (exact) mass is 247 g/mol. The van der Waals surface area contributed by atoms with E-state index in [9.17, 15) is 4.39 Å². The van der Waals surface area contributed by atoms with Crippen LogP contribution in [0.4, 0.5) is 16.0 Å². The molecule has 1 aromatic carbocycles. The normalized spacial score (nSPS) is 10.4. The van der Waals surface area contributed by atoms with E-state index in [0.717, 1.165) is 0 Å². The van der Waals surface area contributed by atoms with Gasteiger partial charge >= 0.3 is 0 Å². The summed E-state index contributed by atoms with van der Waals surface area (Å²) in [6, 6.07) is 6.44. The van der Waals surface area contributed by atoms with Gasteiger partial charge in [0, 0.05) is 24.5 Å². The van der Waals surface area contributed by atoms with E-state index in [0.29, 0.717) is 22.9 Å². The van der Waals surface area contributed by atoms with E-state index in [-0.39, 0.29) is 12.4 Å². The molecule has 18 heavy (non-hydrogen) atoms. The van der Waals surface area contributed by atoms with Crippen molar-refractivity contribution in [1.29, 1.82) is 0 Å². The first-order valence-electron chi connectivity index (χ1n) is 5.55. The Morgan fingerprint density at radius 1 is 1.33 bits per heavy atom. The Bertz CT molecular complexity index is 560. The van der Waals surface area contributed by atoms with Gasteiger partial charge in [0.1, 0.15) is 5.82 Å². The molecule has 0 aliphatic heterocycles. The van der Waals surface area contributed by atoms with Crippen molar-refractivity contribution >= 4 is 11.6 Å². The summed E-state index contributed by atoms with van der Waals surface area (Å²) >= 11 is 0. The zero-order valence-electron chi connectivity index (χ0n) is 10.3. The molecule has 1 aromatic heterocycles. The number of aryl methyl sites for hydroxylation is 1. The minimum absolute atomic E-state index is 0.102. The Morgan fingerprint density at radius 2 is 2.06 bits per heavy atom. The predicted octanol–water partition coefficient (Wildman–Crippen LogP) is 2.18. The molecule has 0 fully saturated rings. The molecule has 0 bridgehead atoms. The Hall–Kier alpha value is -2.01. The molecule has 0 atom stereocenters. The molecular formula is C13H14FN3O. The van der Waals surface area contributed by atoms with Crippen LogP contribution >= 0.6 is 0 Å². The molecular weight excluding hydrogens is 233 g/mol. The van der Waals surface area contributed by atoms with E-state index in [1.165, 1.54) is 6.07 Å². The third-order valence-corrected chi connectivity index (χ3v) is 2.75. The fraction of sp³-hybridized carbons (Fsp3) is 0.231. The number of halogens is 1.